The van der Waals surface area contributed by atoms with Crippen molar-refractivity contribution in [3.8, 4) is 5.88 Å². The van der Waals surface area contributed by atoms with E-state index in [9.17, 15) is 4.79 Å². The van der Waals surface area contributed by atoms with Crippen molar-refractivity contribution in [2.24, 2.45) is 0 Å². The van der Waals surface area contributed by atoms with E-state index in [4.69, 9.17) is 19.6 Å². The number of methoxy groups -OCH3 is 2. The van der Waals surface area contributed by atoms with Crippen molar-refractivity contribution < 1.29 is 14.3 Å². The Bertz CT molecular complexity index is 1050. The van der Waals surface area contributed by atoms with Gasteiger partial charge in [0.05, 0.1) is 26.3 Å². The highest BCUT2D eigenvalue weighted by molar-refractivity contribution is 5.71. The maximum atomic E-state index is 12.0. The molecule has 0 radical (unpaired) electrons. The van der Waals surface area contributed by atoms with Crippen molar-refractivity contribution in [1.29, 1.82) is 0 Å². The van der Waals surface area contributed by atoms with Gasteiger partial charge in [-0.3, -0.25) is 14.5 Å². The highest BCUT2D eigenvalue weighted by atomic mass is 16.5. The van der Waals surface area contributed by atoms with Gasteiger partial charge in [-0.1, -0.05) is 12.1 Å². The number of aryl methyl sites for hydroxylation is 4. The summed E-state index contributed by atoms with van der Waals surface area (Å²) in [4.78, 5) is 21.2. The lowest BCUT2D eigenvalue weighted by atomic mass is 9.94. The van der Waals surface area contributed by atoms with Crippen molar-refractivity contribution in [3.05, 3.63) is 70.9 Å². The van der Waals surface area contributed by atoms with Crippen molar-refractivity contribution >= 4 is 5.97 Å². The van der Waals surface area contributed by atoms with E-state index in [1.807, 2.05) is 23.0 Å². The molecule has 1 atom stereocenters. The Morgan fingerprint density at radius 3 is 2.78 bits per heavy atom. The fourth-order valence-corrected chi connectivity index (χ4v) is 4.24. The minimum atomic E-state index is -0.279. The second-order valence-corrected chi connectivity index (χ2v) is 8.19. The fourth-order valence-electron chi connectivity index (χ4n) is 4.24. The Labute approximate surface area is 188 Å². The number of rotatable bonds is 9. The van der Waals surface area contributed by atoms with Gasteiger partial charge < -0.3 is 9.47 Å². The zero-order valence-corrected chi connectivity index (χ0v) is 18.8. The van der Waals surface area contributed by atoms with Crippen LogP contribution in [0.1, 0.15) is 59.8 Å². The van der Waals surface area contributed by atoms with Crippen LogP contribution in [0, 0.1) is 0 Å². The summed E-state index contributed by atoms with van der Waals surface area (Å²) < 4.78 is 12.0. The number of ether oxygens (including phenoxy) is 2. The monoisotopic (exact) mass is 434 g/mol. The normalized spacial score (nSPS) is 13.9. The van der Waals surface area contributed by atoms with Crippen LogP contribution in [-0.4, -0.2) is 39.9 Å². The molecule has 0 saturated carbocycles. The smallest absolute Gasteiger partial charge is 0.306 e. The fraction of sp³-hybridized carbons (Fsp3) is 0.440. The van der Waals surface area contributed by atoms with Crippen molar-refractivity contribution in [2.75, 3.05) is 14.2 Å². The molecule has 0 amide bonds. The van der Waals surface area contributed by atoms with Crippen LogP contribution in [0.15, 0.2) is 42.7 Å². The lowest BCUT2D eigenvalue weighted by Crippen LogP contribution is -2.12. The van der Waals surface area contributed by atoms with E-state index in [2.05, 4.69) is 17.1 Å². The Morgan fingerprint density at radius 1 is 1.12 bits per heavy atom. The molecule has 1 aliphatic rings. The van der Waals surface area contributed by atoms with E-state index in [-0.39, 0.29) is 18.3 Å². The maximum absolute atomic E-state index is 12.0. The van der Waals surface area contributed by atoms with Crippen molar-refractivity contribution in [3.63, 3.8) is 0 Å². The molecule has 0 bridgehead atoms. The van der Waals surface area contributed by atoms with Gasteiger partial charge in [0.2, 0.25) is 5.88 Å². The molecule has 1 aliphatic carbocycles. The van der Waals surface area contributed by atoms with E-state index < -0.39 is 0 Å². The summed E-state index contributed by atoms with van der Waals surface area (Å²) in [5.74, 6) is 0.0372. The zero-order chi connectivity index (χ0) is 22.3. The molecule has 3 heterocycles. The Balaban J connectivity index is 1.41. The summed E-state index contributed by atoms with van der Waals surface area (Å²) in [6.45, 7) is 0.796. The lowest BCUT2D eigenvalue weighted by molar-refractivity contribution is -0.140. The summed E-state index contributed by atoms with van der Waals surface area (Å²) in [5.41, 5.74) is 5.59. The zero-order valence-electron chi connectivity index (χ0n) is 18.8. The third kappa shape index (κ3) is 5.33. The number of esters is 1. The van der Waals surface area contributed by atoms with Crippen LogP contribution in [0.3, 0.4) is 0 Å². The van der Waals surface area contributed by atoms with Gasteiger partial charge >= 0.3 is 5.97 Å². The molecule has 7 heteroatoms. The number of nitrogens with zero attached hydrogens (tertiary/aromatic N) is 4. The van der Waals surface area contributed by atoms with E-state index in [0.717, 1.165) is 49.2 Å². The molecule has 3 aromatic heterocycles. The van der Waals surface area contributed by atoms with Gasteiger partial charge in [0.15, 0.2) is 0 Å². The molecule has 0 spiro atoms. The topological polar surface area (TPSA) is 79.1 Å². The highest BCUT2D eigenvalue weighted by Crippen LogP contribution is 2.28. The molecule has 0 fully saturated rings. The number of carbonyl (C=O) groups is 1. The summed E-state index contributed by atoms with van der Waals surface area (Å²) in [5, 5.41) is 4.75. The molecule has 7 nitrogen and oxygen atoms in total. The number of carbonyl (C=O) groups excluding carboxylic acids is 1. The minimum Gasteiger partial charge on any atom is -0.481 e. The Morgan fingerprint density at radius 2 is 2.00 bits per heavy atom. The second-order valence-electron chi connectivity index (χ2n) is 8.19. The molecule has 0 N–H and O–H groups in total. The van der Waals surface area contributed by atoms with Gasteiger partial charge in [-0.15, -0.1) is 0 Å². The van der Waals surface area contributed by atoms with Crippen LogP contribution in [0.25, 0.3) is 0 Å². The first-order valence-electron chi connectivity index (χ1n) is 11.2. The molecular weight excluding hydrogens is 404 g/mol. The third-order valence-corrected chi connectivity index (χ3v) is 6.04. The Kier molecular flexibility index (Phi) is 7.14. The van der Waals surface area contributed by atoms with Crippen molar-refractivity contribution in [2.45, 2.75) is 57.4 Å². The van der Waals surface area contributed by atoms with E-state index in [1.54, 1.807) is 19.4 Å². The second kappa shape index (κ2) is 10.4. The average Bonchev–Trinajstić information content (AvgIpc) is 3.31. The van der Waals surface area contributed by atoms with E-state index >= 15 is 0 Å². The first-order valence-corrected chi connectivity index (χ1v) is 11.2. The molecule has 32 heavy (non-hydrogen) atoms. The van der Waals surface area contributed by atoms with Crippen LogP contribution in [0.4, 0.5) is 0 Å². The van der Waals surface area contributed by atoms with Crippen molar-refractivity contribution in [1.82, 2.24) is 19.7 Å². The summed E-state index contributed by atoms with van der Waals surface area (Å²) in [7, 11) is 2.98. The van der Waals surface area contributed by atoms with Gasteiger partial charge in [0.25, 0.3) is 0 Å². The SMILES string of the molecule is COC(=O)CC(c1ccc(OC)nc1)c1ccn(CCCc2ccc3c(n2)CCCC3)n1. The third-order valence-electron chi connectivity index (χ3n) is 6.04. The molecule has 0 aliphatic heterocycles. The van der Waals surface area contributed by atoms with Gasteiger partial charge in [-0.2, -0.15) is 5.10 Å². The average molecular weight is 435 g/mol. The highest BCUT2D eigenvalue weighted by Gasteiger charge is 2.22. The number of aromatic nitrogens is 4. The molecule has 0 aromatic carbocycles. The number of fused-ring (bicyclic) bond motifs is 1. The molecule has 1 unspecified atom stereocenters. The molecule has 4 rings (SSSR count). The number of hydrogen-bond donors (Lipinski definition) is 0. The van der Waals surface area contributed by atoms with Gasteiger partial charge in [-0.05, 0) is 61.8 Å². The standard InChI is InChI=1S/C25H30N4O3/c1-31-24-12-10-19(17-26-24)21(16-25(30)32-2)23-13-15-29(28-23)14-5-7-20-11-9-18-6-3-4-8-22(18)27-20/h9-13,15,17,21H,3-8,14,16H2,1-2H3. The molecular formula is C25H30N4O3. The van der Waals surface area contributed by atoms with Crippen LogP contribution in [-0.2, 0) is 35.3 Å². The minimum absolute atomic E-state index is 0.209. The van der Waals surface area contributed by atoms with Crippen LogP contribution in [0.5, 0.6) is 5.88 Å². The van der Waals surface area contributed by atoms with Gasteiger partial charge in [0.1, 0.15) is 0 Å². The predicted octanol–water partition coefficient (Wildman–Crippen LogP) is 3.89. The summed E-state index contributed by atoms with van der Waals surface area (Å²) >= 11 is 0. The van der Waals surface area contributed by atoms with E-state index in [0.29, 0.717) is 5.88 Å². The molecule has 0 saturated heterocycles. The van der Waals surface area contributed by atoms with E-state index in [1.165, 1.54) is 31.2 Å². The lowest BCUT2D eigenvalue weighted by Gasteiger charge is -2.15. The number of hydrogen-bond acceptors (Lipinski definition) is 6. The van der Waals surface area contributed by atoms with Gasteiger partial charge in [0, 0.05) is 42.3 Å². The predicted molar refractivity (Wildman–Crippen MR) is 121 cm³/mol. The van der Waals surface area contributed by atoms with Gasteiger partial charge in [-0.25, -0.2) is 4.98 Å². The van der Waals surface area contributed by atoms with Crippen LogP contribution < -0.4 is 4.74 Å². The first kappa shape index (κ1) is 22.0. The summed E-state index contributed by atoms with van der Waals surface area (Å²) in [6.07, 6.45) is 10.6. The van der Waals surface area contributed by atoms with Crippen LogP contribution >= 0.6 is 0 Å². The Hall–Kier alpha value is -3.22. The largest absolute Gasteiger partial charge is 0.481 e. The molecule has 3 aromatic rings. The first-order chi connectivity index (χ1) is 15.7. The quantitative estimate of drug-likeness (QED) is 0.476. The summed E-state index contributed by atoms with van der Waals surface area (Å²) in [6, 6.07) is 10.1. The molecule has 168 valence electrons. The maximum Gasteiger partial charge on any atom is 0.306 e. The van der Waals surface area contributed by atoms with Crippen LogP contribution in [0.2, 0.25) is 0 Å². The number of pyridine rings is 2.